The fourth-order valence-electron chi connectivity index (χ4n) is 4.29. The average molecular weight is 516 g/mol. The number of aryl methyl sites for hydroxylation is 2. The van der Waals surface area contributed by atoms with E-state index in [1.807, 2.05) is 6.20 Å². The van der Waals surface area contributed by atoms with E-state index >= 15 is 0 Å². The van der Waals surface area contributed by atoms with E-state index in [4.69, 9.17) is 4.99 Å². The monoisotopic (exact) mass is 516 g/mol. The number of hydrogen-bond acceptors (Lipinski definition) is 3. The third kappa shape index (κ3) is 7.15. The highest BCUT2D eigenvalue weighted by Crippen LogP contribution is 2.26. The lowest BCUT2D eigenvalue weighted by molar-refractivity contribution is -0.135. The molecule has 1 amide bonds. The number of hydrogen-bond donors (Lipinski definition) is 3. The summed E-state index contributed by atoms with van der Waals surface area (Å²) in [6, 6.07) is 0.293. The van der Waals surface area contributed by atoms with E-state index in [0.717, 1.165) is 69.9 Å². The van der Waals surface area contributed by atoms with Gasteiger partial charge < -0.3 is 15.5 Å². The van der Waals surface area contributed by atoms with Crippen molar-refractivity contribution in [1.29, 1.82) is 0 Å². The van der Waals surface area contributed by atoms with Gasteiger partial charge in [0.15, 0.2) is 5.96 Å². The van der Waals surface area contributed by atoms with Crippen molar-refractivity contribution >= 4 is 35.8 Å². The molecule has 1 aliphatic heterocycles. The standard InChI is InChI=1S/C21H36N6O.HI/c1-3-22-21(23-12-7-10-18-14-24-26-16(18)2)25-19-11-13-27(15-19)20(28)17-8-5-4-6-9-17;/h14,17,19H,3-13,15H2,1-2H3,(H,24,26)(H2,22,23,25);1H. The number of aromatic amines is 1. The molecule has 2 fully saturated rings. The van der Waals surface area contributed by atoms with E-state index in [9.17, 15) is 4.79 Å². The number of guanidine groups is 1. The van der Waals surface area contributed by atoms with Crippen LogP contribution >= 0.6 is 24.0 Å². The number of aliphatic imine (C=N–C) groups is 1. The first kappa shape index (κ1) is 24.0. The van der Waals surface area contributed by atoms with Crippen molar-refractivity contribution in [2.45, 2.75) is 71.3 Å². The maximum Gasteiger partial charge on any atom is 0.225 e. The van der Waals surface area contributed by atoms with Gasteiger partial charge in [-0.1, -0.05) is 19.3 Å². The van der Waals surface area contributed by atoms with Gasteiger partial charge >= 0.3 is 0 Å². The number of amides is 1. The Morgan fingerprint density at radius 2 is 2.10 bits per heavy atom. The van der Waals surface area contributed by atoms with Crippen LogP contribution in [0.1, 0.15) is 63.1 Å². The summed E-state index contributed by atoms with van der Waals surface area (Å²) >= 11 is 0. The van der Waals surface area contributed by atoms with Gasteiger partial charge in [0.25, 0.3) is 0 Å². The van der Waals surface area contributed by atoms with E-state index in [2.05, 4.69) is 39.6 Å². The summed E-state index contributed by atoms with van der Waals surface area (Å²) in [6.45, 7) is 7.42. The predicted molar refractivity (Wildman–Crippen MR) is 128 cm³/mol. The van der Waals surface area contributed by atoms with E-state index < -0.39 is 0 Å². The number of carbonyl (C=O) groups excluding carboxylic acids is 1. The van der Waals surface area contributed by atoms with E-state index in [0.29, 0.717) is 11.9 Å². The molecule has 1 atom stereocenters. The molecule has 0 spiro atoms. The Balaban J connectivity index is 0.00000300. The van der Waals surface area contributed by atoms with Crippen LogP contribution in [0.15, 0.2) is 11.2 Å². The van der Waals surface area contributed by atoms with E-state index in [1.165, 1.54) is 24.8 Å². The molecule has 3 N–H and O–H groups in total. The first-order valence-corrected chi connectivity index (χ1v) is 11.0. The van der Waals surface area contributed by atoms with Crippen LogP contribution in [0.25, 0.3) is 0 Å². The van der Waals surface area contributed by atoms with Gasteiger partial charge in [0.05, 0.1) is 6.20 Å². The van der Waals surface area contributed by atoms with Crippen molar-refractivity contribution in [3.05, 3.63) is 17.5 Å². The molecule has 3 rings (SSSR count). The molecule has 2 aliphatic rings. The molecule has 0 bridgehead atoms. The highest BCUT2D eigenvalue weighted by atomic mass is 127. The van der Waals surface area contributed by atoms with Gasteiger partial charge in [0, 0.05) is 43.8 Å². The summed E-state index contributed by atoms with van der Waals surface area (Å²) in [7, 11) is 0. The Morgan fingerprint density at radius 3 is 2.79 bits per heavy atom. The number of carbonyl (C=O) groups is 1. The minimum absolute atomic E-state index is 0. The third-order valence-electron chi connectivity index (χ3n) is 5.95. The molecule has 164 valence electrons. The van der Waals surface area contributed by atoms with Crippen LogP contribution in [-0.4, -0.2) is 59.2 Å². The van der Waals surface area contributed by atoms with Crippen LogP contribution in [-0.2, 0) is 11.2 Å². The zero-order valence-corrected chi connectivity index (χ0v) is 20.2. The minimum Gasteiger partial charge on any atom is -0.357 e. The van der Waals surface area contributed by atoms with Gasteiger partial charge in [0.2, 0.25) is 5.91 Å². The SMILES string of the molecule is CCNC(=NCCCc1cn[nH]c1C)NC1CCN(C(=O)C2CCCCC2)C1.I. The maximum atomic E-state index is 12.8. The molecule has 1 aromatic rings. The van der Waals surface area contributed by atoms with Crippen LogP contribution in [0.2, 0.25) is 0 Å². The number of rotatable bonds is 7. The predicted octanol–water partition coefficient (Wildman–Crippen LogP) is 3.01. The number of aromatic nitrogens is 2. The van der Waals surface area contributed by atoms with Gasteiger partial charge in [-0.25, -0.2) is 0 Å². The molecule has 0 radical (unpaired) electrons. The smallest absolute Gasteiger partial charge is 0.225 e. The lowest BCUT2D eigenvalue weighted by Crippen LogP contribution is -2.45. The van der Waals surface area contributed by atoms with Gasteiger partial charge in [-0.2, -0.15) is 5.10 Å². The Labute approximate surface area is 191 Å². The average Bonchev–Trinajstić information content (AvgIpc) is 3.34. The zero-order chi connectivity index (χ0) is 19.8. The number of nitrogens with one attached hydrogen (secondary N) is 3. The molecule has 1 aliphatic carbocycles. The van der Waals surface area contributed by atoms with Gasteiger partial charge in [-0.3, -0.25) is 14.9 Å². The Kier molecular flexibility index (Phi) is 10.2. The highest BCUT2D eigenvalue weighted by molar-refractivity contribution is 14.0. The molecular formula is C21H37IN6O. The van der Waals surface area contributed by atoms with Crippen molar-refractivity contribution in [3.8, 4) is 0 Å². The molecule has 0 aromatic carbocycles. The van der Waals surface area contributed by atoms with Crippen LogP contribution in [0.3, 0.4) is 0 Å². The van der Waals surface area contributed by atoms with Crippen LogP contribution in [0.5, 0.6) is 0 Å². The second-order valence-electron chi connectivity index (χ2n) is 8.13. The quantitative estimate of drug-likeness (QED) is 0.225. The first-order valence-electron chi connectivity index (χ1n) is 11.0. The molecule has 29 heavy (non-hydrogen) atoms. The molecule has 7 nitrogen and oxygen atoms in total. The van der Waals surface area contributed by atoms with Crippen LogP contribution < -0.4 is 10.6 Å². The number of halogens is 1. The van der Waals surface area contributed by atoms with Gasteiger partial charge in [-0.15, -0.1) is 24.0 Å². The van der Waals surface area contributed by atoms with Crippen molar-refractivity contribution in [2.75, 3.05) is 26.2 Å². The largest absolute Gasteiger partial charge is 0.357 e. The summed E-state index contributed by atoms with van der Waals surface area (Å²) in [5.41, 5.74) is 2.41. The molecule has 2 heterocycles. The fraction of sp³-hybridized carbons (Fsp3) is 0.762. The summed E-state index contributed by atoms with van der Waals surface area (Å²) < 4.78 is 0. The summed E-state index contributed by atoms with van der Waals surface area (Å²) in [5.74, 6) is 1.51. The maximum absolute atomic E-state index is 12.8. The normalized spacial score (nSPS) is 20.4. The summed E-state index contributed by atoms with van der Waals surface area (Å²) in [4.78, 5) is 19.5. The van der Waals surface area contributed by atoms with E-state index in [-0.39, 0.29) is 29.9 Å². The van der Waals surface area contributed by atoms with Crippen molar-refractivity contribution in [2.24, 2.45) is 10.9 Å². The molecular weight excluding hydrogens is 479 g/mol. The zero-order valence-electron chi connectivity index (χ0n) is 17.9. The summed E-state index contributed by atoms with van der Waals surface area (Å²) in [5, 5.41) is 13.9. The topological polar surface area (TPSA) is 85.4 Å². The van der Waals surface area contributed by atoms with E-state index in [1.54, 1.807) is 0 Å². The summed E-state index contributed by atoms with van der Waals surface area (Å²) in [6.07, 6.45) is 10.7. The second-order valence-corrected chi connectivity index (χ2v) is 8.13. The first-order chi connectivity index (χ1) is 13.7. The lowest BCUT2D eigenvalue weighted by Gasteiger charge is -2.26. The molecule has 8 heteroatoms. The van der Waals surface area contributed by atoms with Crippen molar-refractivity contribution in [3.63, 3.8) is 0 Å². The molecule has 1 saturated carbocycles. The Morgan fingerprint density at radius 1 is 1.31 bits per heavy atom. The van der Waals surface area contributed by atoms with Crippen molar-refractivity contribution < 1.29 is 4.79 Å². The third-order valence-corrected chi connectivity index (χ3v) is 5.95. The van der Waals surface area contributed by atoms with Crippen LogP contribution in [0, 0.1) is 12.8 Å². The Hall–Kier alpha value is -1.32. The lowest BCUT2D eigenvalue weighted by atomic mass is 9.88. The number of likely N-dealkylation sites (tertiary alicyclic amines) is 1. The van der Waals surface area contributed by atoms with Crippen LogP contribution in [0.4, 0.5) is 0 Å². The fourth-order valence-corrected chi connectivity index (χ4v) is 4.29. The van der Waals surface area contributed by atoms with Gasteiger partial charge in [-0.05, 0) is 51.5 Å². The van der Waals surface area contributed by atoms with Gasteiger partial charge in [0.1, 0.15) is 0 Å². The Bertz CT molecular complexity index is 655. The molecule has 1 aromatic heterocycles. The highest BCUT2D eigenvalue weighted by Gasteiger charge is 2.31. The van der Waals surface area contributed by atoms with Crippen molar-refractivity contribution in [1.82, 2.24) is 25.7 Å². The molecule has 1 saturated heterocycles. The molecule has 1 unspecified atom stereocenters. The number of nitrogens with zero attached hydrogens (tertiary/aromatic N) is 3. The second kappa shape index (κ2) is 12.4. The minimum atomic E-state index is 0. The number of H-pyrrole nitrogens is 1.